The van der Waals surface area contributed by atoms with Crippen molar-refractivity contribution in [2.45, 2.75) is 58.4 Å². The second-order valence-electron chi connectivity index (χ2n) is 5.24. The van der Waals surface area contributed by atoms with Crippen LogP contribution >= 0.6 is 0 Å². The molecule has 0 fully saturated rings. The van der Waals surface area contributed by atoms with Crippen molar-refractivity contribution >= 4 is 11.7 Å². The Morgan fingerprint density at radius 3 is 2.55 bits per heavy atom. The summed E-state index contributed by atoms with van der Waals surface area (Å²) in [6.07, 6.45) is 6.81. The van der Waals surface area contributed by atoms with Gasteiger partial charge >= 0.3 is 5.97 Å². The molecule has 0 saturated carbocycles. The number of hydrogen-bond donors (Lipinski definition) is 1. The van der Waals surface area contributed by atoms with Gasteiger partial charge in [-0.15, -0.1) is 0 Å². The van der Waals surface area contributed by atoms with Crippen molar-refractivity contribution in [2.75, 3.05) is 12.4 Å². The van der Waals surface area contributed by atoms with E-state index in [0.717, 1.165) is 24.1 Å². The minimum atomic E-state index is -0.247. The van der Waals surface area contributed by atoms with Crippen LogP contribution < -0.4 is 5.32 Å². The second kappa shape index (κ2) is 9.40. The van der Waals surface area contributed by atoms with E-state index in [1.54, 1.807) is 0 Å². The predicted octanol–water partition coefficient (Wildman–Crippen LogP) is 4.31. The van der Waals surface area contributed by atoms with E-state index in [9.17, 15) is 4.79 Å². The highest BCUT2D eigenvalue weighted by atomic mass is 16.5. The molecule has 1 N–H and O–H groups in total. The van der Waals surface area contributed by atoms with Crippen molar-refractivity contribution in [1.29, 1.82) is 0 Å². The Balaban J connectivity index is 2.52. The maximum atomic E-state index is 11.9. The van der Waals surface area contributed by atoms with Crippen molar-refractivity contribution in [1.82, 2.24) is 0 Å². The number of para-hydroxylation sites is 1. The number of ether oxygens (including phenoxy) is 1. The van der Waals surface area contributed by atoms with Gasteiger partial charge in [0.25, 0.3) is 0 Å². The van der Waals surface area contributed by atoms with Crippen molar-refractivity contribution < 1.29 is 9.53 Å². The average molecular weight is 277 g/mol. The van der Waals surface area contributed by atoms with Crippen LogP contribution in [0.1, 0.15) is 51.0 Å². The number of carbonyl (C=O) groups excluding carboxylic acids is 1. The number of hydrogen-bond acceptors (Lipinski definition) is 3. The molecule has 0 radical (unpaired) electrons. The van der Waals surface area contributed by atoms with Gasteiger partial charge in [-0.05, 0) is 25.0 Å². The summed E-state index contributed by atoms with van der Waals surface area (Å²) in [5.74, 6) is -0.177. The molecule has 0 spiro atoms. The van der Waals surface area contributed by atoms with Gasteiger partial charge in [0.1, 0.15) is 6.04 Å². The summed E-state index contributed by atoms with van der Waals surface area (Å²) in [6, 6.07) is 7.77. The largest absolute Gasteiger partial charge is 0.467 e. The third-order valence-corrected chi connectivity index (χ3v) is 3.56. The third kappa shape index (κ3) is 5.64. The first kappa shape index (κ1) is 16.5. The van der Waals surface area contributed by atoms with Crippen molar-refractivity contribution in [3.63, 3.8) is 0 Å². The van der Waals surface area contributed by atoms with E-state index in [-0.39, 0.29) is 12.0 Å². The van der Waals surface area contributed by atoms with Crippen LogP contribution in [-0.2, 0) is 9.53 Å². The number of aryl methyl sites for hydroxylation is 1. The second-order valence-corrected chi connectivity index (χ2v) is 5.24. The van der Waals surface area contributed by atoms with Crippen LogP contribution in [0.25, 0.3) is 0 Å². The molecule has 0 amide bonds. The van der Waals surface area contributed by atoms with Crippen LogP contribution in [-0.4, -0.2) is 19.1 Å². The van der Waals surface area contributed by atoms with Crippen LogP contribution in [0.3, 0.4) is 0 Å². The monoisotopic (exact) mass is 277 g/mol. The van der Waals surface area contributed by atoms with Gasteiger partial charge in [-0.2, -0.15) is 0 Å². The van der Waals surface area contributed by atoms with Gasteiger partial charge < -0.3 is 10.1 Å². The summed E-state index contributed by atoms with van der Waals surface area (Å²) in [5, 5.41) is 3.31. The number of benzene rings is 1. The molecule has 0 aliphatic heterocycles. The average Bonchev–Trinajstić information content (AvgIpc) is 2.47. The highest BCUT2D eigenvalue weighted by Gasteiger charge is 2.18. The first-order valence-electron chi connectivity index (χ1n) is 7.59. The molecular weight excluding hydrogens is 250 g/mol. The highest BCUT2D eigenvalue weighted by Crippen LogP contribution is 2.17. The summed E-state index contributed by atoms with van der Waals surface area (Å²) in [5.41, 5.74) is 2.16. The number of anilines is 1. The Kier molecular flexibility index (Phi) is 7.78. The molecule has 0 heterocycles. The van der Waals surface area contributed by atoms with Crippen molar-refractivity contribution in [3.05, 3.63) is 29.8 Å². The van der Waals surface area contributed by atoms with Gasteiger partial charge in [-0.3, -0.25) is 0 Å². The number of carbonyl (C=O) groups is 1. The molecule has 1 atom stereocenters. The lowest BCUT2D eigenvalue weighted by Gasteiger charge is -2.19. The number of methoxy groups -OCH3 is 1. The zero-order chi connectivity index (χ0) is 14.8. The molecule has 1 unspecified atom stereocenters. The van der Waals surface area contributed by atoms with E-state index < -0.39 is 0 Å². The summed E-state index contributed by atoms with van der Waals surface area (Å²) >= 11 is 0. The number of rotatable bonds is 9. The Morgan fingerprint density at radius 2 is 1.90 bits per heavy atom. The van der Waals surface area contributed by atoms with E-state index in [1.807, 2.05) is 31.2 Å². The van der Waals surface area contributed by atoms with Gasteiger partial charge in [-0.25, -0.2) is 4.79 Å². The fourth-order valence-electron chi connectivity index (χ4n) is 2.27. The molecule has 3 nitrogen and oxygen atoms in total. The molecule has 20 heavy (non-hydrogen) atoms. The molecule has 0 saturated heterocycles. The number of unbranched alkanes of at least 4 members (excludes halogenated alkanes) is 4. The molecule has 1 aromatic carbocycles. The van der Waals surface area contributed by atoms with Crippen LogP contribution in [0, 0.1) is 6.92 Å². The lowest BCUT2D eigenvalue weighted by Crippen LogP contribution is -2.30. The number of esters is 1. The SMILES string of the molecule is CCCCCCCC(Nc1ccccc1C)C(=O)OC. The molecule has 112 valence electrons. The number of nitrogens with one attached hydrogen (secondary N) is 1. The maximum absolute atomic E-state index is 11.9. The Morgan fingerprint density at radius 1 is 1.20 bits per heavy atom. The maximum Gasteiger partial charge on any atom is 0.328 e. The van der Waals surface area contributed by atoms with Crippen molar-refractivity contribution in [3.8, 4) is 0 Å². The lowest BCUT2D eigenvalue weighted by molar-refractivity contribution is -0.141. The molecule has 0 aliphatic rings. The smallest absolute Gasteiger partial charge is 0.328 e. The van der Waals surface area contributed by atoms with E-state index >= 15 is 0 Å². The minimum Gasteiger partial charge on any atom is -0.467 e. The third-order valence-electron chi connectivity index (χ3n) is 3.56. The Hall–Kier alpha value is -1.51. The van der Waals surface area contributed by atoms with Crippen LogP contribution in [0.5, 0.6) is 0 Å². The Bertz CT molecular complexity index is 404. The molecule has 1 rings (SSSR count). The summed E-state index contributed by atoms with van der Waals surface area (Å²) < 4.78 is 4.90. The van der Waals surface area contributed by atoms with E-state index in [4.69, 9.17) is 4.74 Å². The minimum absolute atomic E-state index is 0.177. The predicted molar refractivity (Wildman–Crippen MR) is 84.0 cm³/mol. The van der Waals surface area contributed by atoms with Gasteiger partial charge in [0.15, 0.2) is 0 Å². The van der Waals surface area contributed by atoms with Crippen molar-refractivity contribution in [2.24, 2.45) is 0 Å². The fourth-order valence-corrected chi connectivity index (χ4v) is 2.27. The summed E-state index contributed by atoms with van der Waals surface area (Å²) in [6.45, 7) is 4.24. The quantitative estimate of drug-likeness (QED) is 0.540. The molecular formula is C17H27NO2. The first-order valence-corrected chi connectivity index (χ1v) is 7.59. The Labute approximate surface area is 122 Å². The molecule has 1 aromatic rings. The van der Waals surface area contributed by atoms with Gasteiger partial charge in [0, 0.05) is 5.69 Å². The van der Waals surface area contributed by atoms with Gasteiger partial charge in [0.2, 0.25) is 0 Å². The van der Waals surface area contributed by atoms with E-state index in [0.29, 0.717) is 0 Å². The zero-order valence-corrected chi connectivity index (χ0v) is 12.9. The molecule has 3 heteroatoms. The fraction of sp³-hybridized carbons (Fsp3) is 0.588. The van der Waals surface area contributed by atoms with E-state index in [1.165, 1.54) is 32.8 Å². The van der Waals surface area contributed by atoms with Crippen LogP contribution in [0.4, 0.5) is 5.69 Å². The molecule has 0 aliphatic carbocycles. The molecule has 0 aromatic heterocycles. The topological polar surface area (TPSA) is 38.3 Å². The van der Waals surface area contributed by atoms with E-state index in [2.05, 4.69) is 12.2 Å². The standard InChI is InChI=1S/C17H27NO2/c1-4-5-6-7-8-13-16(17(19)20-3)18-15-12-10-9-11-14(15)2/h9-12,16,18H,4-8,13H2,1-3H3. The first-order chi connectivity index (χ1) is 9.69. The van der Waals surface area contributed by atoms with Crippen LogP contribution in [0.15, 0.2) is 24.3 Å². The lowest BCUT2D eigenvalue weighted by atomic mass is 10.1. The summed E-state index contributed by atoms with van der Waals surface area (Å²) in [4.78, 5) is 11.9. The normalized spacial score (nSPS) is 11.9. The van der Waals surface area contributed by atoms with Crippen LogP contribution in [0.2, 0.25) is 0 Å². The van der Waals surface area contributed by atoms with Gasteiger partial charge in [0.05, 0.1) is 7.11 Å². The zero-order valence-electron chi connectivity index (χ0n) is 12.9. The summed E-state index contributed by atoms with van der Waals surface area (Å²) in [7, 11) is 1.45. The van der Waals surface area contributed by atoms with Gasteiger partial charge in [-0.1, -0.05) is 57.2 Å². The highest BCUT2D eigenvalue weighted by molar-refractivity contribution is 5.79. The molecule has 0 bridgehead atoms.